The second kappa shape index (κ2) is 3.26. The number of aromatic amines is 1. The summed E-state index contributed by atoms with van der Waals surface area (Å²) in [6.07, 6.45) is 3.56. The zero-order chi connectivity index (χ0) is 9.26. The van der Waals surface area contributed by atoms with Gasteiger partial charge in [-0.15, -0.1) is 12.6 Å². The fourth-order valence-electron chi connectivity index (χ4n) is 1.36. The van der Waals surface area contributed by atoms with Crippen molar-refractivity contribution in [2.75, 3.05) is 0 Å². The fraction of sp³-hybridized carbons (Fsp3) is 0.100. The number of rotatable bonds is 1. The van der Waals surface area contributed by atoms with Crippen molar-refractivity contribution in [2.24, 2.45) is 0 Å². The van der Waals surface area contributed by atoms with E-state index in [2.05, 4.69) is 35.6 Å². The van der Waals surface area contributed by atoms with E-state index in [0.29, 0.717) is 0 Å². The van der Waals surface area contributed by atoms with E-state index in [0.717, 1.165) is 16.3 Å². The first kappa shape index (κ1) is 8.38. The van der Waals surface area contributed by atoms with Crippen LogP contribution in [0.5, 0.6) is 0 Å². The molecule has 0 saturated heterocycles. The normalized spacial score (nSPS) is 10.3. The van der Waals surface area contributed by atoms with Crippen LogP contribution in [-0.2, 0) is 0 Å². The van der Waals surface area contributed by atoms with Crippen LogP contribution in [0.1, 0.15) is 5.56 Å². The van der Waals surface area contributed by atoms with E-state index in [9.17, 15) is 0 Å². The molecule has 0 aliphatic rings. The Hall–Kier alpha value is -1.22. The Morgan fingerprint density at radius 2 is 2.23 bits per heavy atom. The lowest BCUT2D eigenvalue weighted by Gasteiger charge is -2.04. The molecule has 13 heavy (non-hydrogen) atoms. The number of hydrogen-bond donors (Lipinski definition) is 2. The van der Waals surface area contributed by atoms with Crippen LogP contribution in [0, 0.1) is 6.92 Å². The summed E-state index contributed by atoms with van der Waals surface area (Å²) in [7, 11) is 0. The molecule has 1 N–H and O–H groups in total. The molecular weight excluding hydrogens is 180 g/mol. The van der Waals surface area contributed by atoms with Crippen molar-refractivity contribution >= 4 is 12.6 Å². The molecule has 0 spiro atoms. The molecule has 0 fully saturated rings. The van der Waals surface area contributed by atoms with E-state index in [1.54, 1.807) is 6.20 Å². The van der Waals surface area contributed by atoms with Gasteiger partial charge in [0.25, 0.3) is 0 Å². The third kappa shape index (κ3) is 1.47. The minimum Gasteiger partial charge on any atom is -0.345 e. The molecule has 1 aromatic carbocycles. The smallest absolute Gasteiger partial charge is 0.138 e. The number of thiol groups is 1. The van der Waals surface area contributed by atoms with E-state index in [1.165, 1.54) is 5.56 Å². The van der Waals surface area contributed by atoms with E-state index < -0.39 is 0 Å². The van der Waals surface area contributed by atoms with Gasteiger partial charge in [-0.1, -0.05) is 12.1 Å². The number of aromatic nitrogens is 2. The molecule has 0 amide bonds. The van der Waals surface area contributed by atoms with Gasteiger partial charge in [-0.05, 0) is 18.6 Å². The maximum Gasteiger partial charge on any atom is 0.138 e. The van der Waals surface area contributed by atoms with Crippen molar-refractivity contribution in [1.82, 2.24) is 9.97 Å². The van der Waals surface area contributed by atoms with Gasteiger partial charge in [0.1, 0.15) is 5.82 Å². The fourth-order valence-corrected chi connectivity index (χ4v) is 1.73. The van der Waals surface area contributed by atoms with Crippen molar-refractivity contribution in [3.8, 4) is 11.4 Å². The van der Waals surface area contributed by atoms with Crippen LogP contribution in [0.15, 0.2) is 35.5 Å². The maximum atomic E-state index is 4.39. The Balaban J connectivity index is 2.64. The van der Waals surface area contributed by atoms with Gasteiger partial charge in [0.2, 0.25) is 0 Å². The van der Waals surface area contributed by atoms with Gasteiger partial charge in [0.15, 0.2) is 0 Å². The molecule has 2 nitrogen and oxygen atoms in total. The van der Waals surface area contributed by atoms with E-state index in [1.807, 2.05) is 18.3 Å². The Bertz CT molecular complexity index is 387. The molecule has 0 atom stereocenters. The second-order valence-electron chi connectivity index (χ2n) is 2.91. The van der Waals surface area contributed by atoms with Crippen molar-refractivity contribution in [3.63, 3.8) is 0 Å². The molecule has 3 heteroatoms. The number of H-pyrrole nitrogens is 1. The van der Waals surface area contributed by atoms with Crippen molar-refractivity contribution in [2.45, 2.75) is 11.8 Å². The highest BCUT2D eigenvalue weighted by Gasteiger charge is 2.06. The Morgan fingerprint density at radius 3 is 2.85 bits per heavy atom. The monoisotopic (exact) mass is 190 g/mol. The second-order valence-corrected chi connectivity index (χ2v) is 3.39. The highest BCUT2D eigenvalue weighted by molar-refractivity contribution is 7.80. The molecule has 0 saturated carbocycles. The third-order valence-corrected chi connectivity index (χ3v) is 2.36. The largest absolute Gasteiger partial charge is 0.345 e. The van der Waals surface area contributed by atoms with Crippen molar-refractivity contribution in [1.29, 1.82) is 0 Å². The van der Waals surface area contributed by atoms with E-state index >= 15 is 0 Å². The lowest BCUT2D eigenvalue weighted by Crippen LogP contribution is -1.86. The SMILES string of the molecule is Cc1cccc(S)c1-c1ncc[nH]1. The minimum atomic E-state index is 0.878. The number of benzene rings is 1. The average Bonchev–Trinajstić information content (AvgIpc) is 2.57. The summed E-state index contributed by atoms with van der Waals surface area (Å²) in [5, 5.41) is 0. The summed E-state index contributed by atoms with van der Waals surface area (Å²) in [4.78, 5) is 8.23. The highest BCUT2D eigenvalue weighted by atomic mass is 32.1. The van der Waals surface area contributed by atoms with Gasteiger partial charge in [0, 0.05) is 22.9 Å². The van der Waals surface area contributed by atoms with Crippen LogP contribution in [0.2, 0.25) is 0 Å². The standard InChI is InChI=1S/C10H10N2S/c1-7-3-2-4-8(13)9(7)10-11-5-6-12-10/h2-6,13H,1H3,(H,11,12). The zero-order valence-electron chi connectivity index (χ0n) is 7.28. The molecule has 1 heterocycles. The molecule has 66 valence electrons. The summed E-state index contributed by atoms with van der Waals surface area (Å²) >= 11 is 4.39. The summed E-state index contributed by atoms with van der Waals surface area (Å²) < 4.78 is 0. The quantitative estimate of drug-likeness (QED) is 0.665. The predicted molar refractivity (Wildman–Crippen MR) is 56.0 cm³/mol. The number of hydrogen-bond acceptors (Lipinski definition) is 2. The lowest BCUT2D eigenvalue weighted by atomic mass is 10.1. The Morgan fingerprint density at radius 1 is 1.38 bits per heavy atom. The molecule has 1 aromatic heterocycles. The molecule has 0 radical (unpaired) electrons. The first-order chi connectivity index (χ1) is 6.29. The topological polar surface area (TPSA) is 28.7 Å². The molecule has 0 bridgehead atoms. The van der Waals surface area contributed by atoms with Gasteiger partial charge < -0.3 is 4.98 Å². The van der Waals surface area contributed by atoms with Crippen molar-refractivity contribution in [3.05, 3.63) is 36.2 Å². The molecular formula is C10H10N2S. The average molecular weight is 190 g/mol. The summed E-state index contributed by atoms with van der Waals surface area (Å²) in [5.74, 6) is 0.878. The predicted octanol–water partition coefficient (Wildman–Crippen LogP) is 2.67. The van der Waals surface area contributed by atoms with E-state index in [4.69, 9.17) is 0 Å². The molecule has 2 rings (SSSR count). The molecule has 0 unspecified atom stereocenters. The highest BCUT2D eigenvalue weighted by Crippen LogP contribution is 2.26. The van der Waals surface area contributed by atoms with Crippen LogP contribution < -0.4 is 0 Å². The van der Waals surface area contributed by atoms with Gasteiger partial charge in [-0.3, -0.25) is 0 Å². The summed E-state index contributed by atoms with van der Waals surface area (Å²) in [6, 6.07) is 6.01. The van der Waals surface area contributed by atoms with Gasteiger partial charge in [-0.2, -0.15) is 0 Å². The first-order valence-electron chi connectivity index (χ1n) is 4.07. The third-order valence-electron chi connectivity index (χ3n) is 1.99. The number of nitrogens with one attached hydrogen (secondary N) is 1. The van der Waals surface area contributed by atoms with Crippen LogP contribution in [-0.4, -0.2) is 9.97 Å². The minimum absolute atomic E-state index is 0.878. The van der Waals surface area contributed by atoms with Crippen LogP contribution in [0.25, 0.3) is 11.4 Å². The van der Waals surface area contributed by atoms with Gasteiger partial charge >= 0.3 is 0 Å². The number of nitrogens with zero attached hydrogens (tertiary/aromatic N) is 1. The Kier molecular flexibility index (Phi) is 2.10. The molecule has 2 aromatic rings. The molecule has 0 aliphatic carbocycles. The van der Waals surface area contributed by atoms with Crippen molar-refractivity contribution < 1.29 is 0 Å². The number of imidazole rings is 1. The molecule has 0 aliphatic heterocycles. The zero-order valence-corrected chi connectivity index (χ0v) is 8.18. The lowest BCUT2D eigenvalue weighted by molar-refractivity contribution is 1.24. The maximum absolute atomic E-state index is 4.39. The number of aryl methyl sites for hydroxylation is 1. The first-order valence-corrected chi connectivity index (χ1v) is 4.52. The van der Waals surface area contributed by atoms with E-state index in [-0.39, 0.29) is 0 Å². The van der Waals surface area contributed by atoms with Crippen LogP contribution in [0.3, 0.4) is 0 Å². The van der Waals surface area contributed by atoms with Crippen LogP contribution in [0.4, 0.5) is 0 Å². The van der Waals surface area contributed by atoms with Crippen LogP contribution >= 0.6 is 12.6 Å². The van der Waals surface area contributed by atoms with Gasteiger partial charge in [0.05, 0.1) is 0 Å². The Labute approximate surface area is 82.4 Å². The van der Waals surface area contributed by atoms with Gasteiger partial charge in [-0.25, -0.2) is 4.98 Å². The summed E-state index contributed by atoms with van der Waals surface area (Å²) in [5.41, 5.74) is 2.26. The summed E-state index contributed by atoms with van der Waals surface area (Å²) in [6.45, 7) is 2.05.